The SMILES string of the molecule is CC(C)=CCC/C(C)=C/C=N/Nc1ccccc1[N+](=O)[O-]. The fourth-order valence-corrected chi connectivity index (χ4v) is 1.67. The molecule has 0 saturated carbocycles. The van der Waals surface area contributed by atoms with Crippen molar-refractivity contribution in [3.63, 3.8) is 0 Å². The van der Waals surface area contributed by atoms with Crippen LogP contribution in [0.5, 0.6) is 0 Å². The van der Waals surface area contributed by atoms with Crippen LogP contribution in [0.25, 0.3) is 0 Å². The summed E-state index contributed by atoms with van der Waals surface area (Å²) in [6, 6.07) is 6.42. The zero-order valence-corrected chi connectivity index (χ0v) is 12.7. The molecule has 0 saturated heterocycles. The first kappa shape index (κ1) is 16.6. The molecule has 0 fully saturated rings. The summed E-state index contributed by atoms with van der Waals surface area (Å²) in [6.45, 7) is 6.20. The predicted molar refractivity (Wildman–Crippen MR) is 87.6 cm³/mol. The zero-order valence-electron chi connectivity index (χ0n) is 12.7. The van der Waals surface area contributed by atoms with E-state index in [0.717, 1.165) is 12.8 Å². The second-order valence-electron chi connectivity index (χ2n) is 5.00. The monoisotopic (exact) mass is 287 g/mol. The standard InChI is InChI=1S/C16H21N3O2/c1-13(2)7-6-8-14(3)11-12-17-18-15-9-4-5-10-16(15)19(20)21/h4-5,7,9-12,18H,6,8H2,1-3H3/b14-11+,17-12+. The van der Waals surface area contributed by atoms with Crippen molar-refractivity contribution in [3.05, 3.63) is 57.7 Å². The van der Waals surface area contributed by atoms with Crippen LogP contribution < -0.4 is 5.43 Å². The highest BCUT2D eigenvalue weighted by molar-refractivity contribution is 5.73. The first-order chi connectivity index (χ1) is 10.0. The van der Waals surface area contributed by atoms with Crippen LogP contribution in [-0.2, 0) is 0 Å². The molecule has 0 unspecified atom stereocenters. The van der Waals surface area contributed by atoms with Gasteiger partial charge < -0.3 is 0 Å². The van der Waals surface area contributed by atoms with Crippen LogP contribution >= 0.6 is 0 Å². The van der Waals surface area contributed by atoms with E-state index < -0.39 is 4.92 Å². The van der Waals surface area contributed by atoms with Crippen LogP contribution in [0.1, 0.15) is 33.6 Å². The molecule has 1 rings (SSSR count). The van der Waals surface area contributed by atoms with Crippen molar-refractivity contribution < 1.29 is 4.92 Å². The molecule has 0 atom stereocenters. The molecular weight excluding hydrogens is 266 g/mol. The molecule has 112 valence electrons. The van der Waals surface area contributed by atoms with Gasteiger partial charge in [0.2, 0.25) is 0 Å². The topological polar surface area (TPSA) is 67.5 Å². The minimum atomic E-state index is -0.432. The van der Waals surface area contributed by atoms with Gasteiger partial charge in [-0.25, -0.2) is 0 Å². The number of nitrogens with one attached hydrogen (secondary N) is 1. The number of rotatable bonds is 7. The Hall–Kier alpha value is -2.43. The largest absolute Gasteiger partial charge is 0.294 e. The lowest BCUT2D eigenvalue weighted by atomic mass is 10.1. The molecule has 0 heterocycles. The van der Waals surface area contributed by atoms with E-state index in [2.05, 4.69) is 30.5 Å². The molecule has 0 aromatic heterocycles. The molecule has 0 amide bonds. The number of nitro groups is 1. The number of hydrazone groups is 1. The summed E-state index contributed by atoms with van der Waals surface area (Å²) in [5, 5.41) is 14.8. The maximum atomic E-state index is 10.8. The minimum absolute atomic E-state index is 0.0129. The van der Waals surface area contributed by atoms with Crippen LogP contribution in [0, 0.1) is 10.1 Å². The van der Waals surface area contributed by atoms with Gasteiger partial charge in [0, 0.05) is 12.3 Å². The molecule has 0 aliphatic heterocycles. The molecule has 0 aliphatic rings. The zero-order chi connectivity index (χ0) is 15.7. The number of para-hydroxylation sites is 2. The number of anilines is 1. The average Bonchev–Trinajstić information content (AvgIpc) is 2.43. The summed E-state index contributed by atoms with van der Waals surface area (Å²) in [5.74, 6) is 0. The minimum Gasteiger partial charge on any atom is -0.272 e. The Kier molecular flexibility index (Phi) is 6.87. The molecule has 0 bridgehead atoms. The number of nitro benzene ring substituents is 1. The molecule has 0 spiro atoms. The van der Waals surface area contributed by atoms with Crippen molar-refractivity contribution >= 4 is 17.6 Å². The average molecular weight is 287 g/mol. The van der Waals surface area contributed by atoms with Gasteiger partial charge in [-0.1, -0.05) is 29.4 Å². The summed E-state index contributed by atoms with van der Waals surface area (Å²) in [7, 11) is 0. The lowest BCUT2D eigenvalue weighted by Gasteiger charge is -2.00. The summed E-state index contributed by atoms with van der Waals surface area (Å²) in [6.07, 6.45) is 7.70. The Morgan fingerprint density at radius 3 is 2.71 bits per heavy atom. The highest BCUT2D eigenvalue weighted by atomic mass is 16.6. The van der Waals surface area contributed by atoms with Crippen LogP contribution in [0.3, 0.4) is 0 Å². The lowest BCUT2D eigenvalue weighted by Crippen LogP contribution is -1.95. The Labute approximate surface area is 125 Å². The lowest BCUT2D eigenvalue weighted by molar-refractivity contribution is -0.384. The molecule has 5 nitrogen and oxygen atoms in total. The van der Waals surface area contributed by atoms with E-state index in [9.17, 15) is 10.1 Å². The van der Waals surface area contributed by atoms with Gasteiger partial charge in [0.05, 0.1) is 4.92 Å². The van der Waals surface area contributed by atoms with Crippen LogP contribution in [-0.4, -0.2) is 11.1 Å². The third kappa shape index (κ3) is 6.51. The fourth-order valence-electron chi connectivity index (χ4n) is 1.67. The molecule has 21 heavy (non-hydrogen) atoms. The third-order valence-electron chi connectivity index (χ3n) is 2.81. The number of hydrogen-bond donors (Lipinski definition) is 1. The summed E-state index contributed by atoms with van der Waals surface area (Å²) < 4.78 is 0. The third-order valence-corrected chi connectivity index (χ3v) is 2.81. The number of benzene rings is 1. The molecule has 0 radical (unpaired) electrons. The van der Waals surface area contributed by atoms with E-state index in [-0.39, 0.29) is 5.69 Å². The molecule has 5 heteroatoms. The van der Waals surface area contributed by atoms with Crippen LogP contribution in [0.2, 0.25) is 0 Å². The van der Waals surface area contributed by atoms with E-state index in [1.54, 1.807) is 24.4 Å². The van der Waals surface area contributed by atoms with Gasteiger partial charge in [-0.2, -0.15) is 5.10 Å². The highest BCUT2D eigenvalue weighted by Gasteiger charge is 2.10. The Morgan fingerprint density at radius 1 is 1.33 bits per heavy atom. The Balaban J connectivity index is 2.55. The van der Waals surface area contributed by atoms with Crippen molar-refractivity contribution in [2.45, 2.75) is 33.6 Å². The molecule has 1 N–H and O–H groups in total. The molecular formula is C16H21N3O2. The highest BCUT2D eigenvalue weighted by Crippen LogP contribution is 2.22. The van der Waals surface area contributed by atoms with Crippen molar-refractivity contribution in [2.75, 3.05) is 5.43 Å². The first-order valence-corrected chi connectivity index (χ1v) is 6.82. The van der Waals surface area contributed by atoms with Crippen molar-refractivity contribution in [3.8, 4) is 0 Å². The van der Waals surface area contributed by atoms with Gasteiger partial charge in [0.1, 0.15) is 5.69 Å². The molecule has 1 aromatic carbocycles. The van der Waals surface area contributed by atoms with Gasteiger partial charge in [0.15, 0.2) is 0 Å². The normalized spacial score (nSPS) is 11.5. The quantitative estimate of drug-likeness (QED) is 0.342. The second-order valence-corrected chi connectivity index (χ2v) is 5.00. The van der Waals surface area contributed by atoms with Crippen molar-refractivity contribution in [1.29, 1.82) is 0 Å². The van der Waals surface area contributed by atoms with E-state index >= 15 is 0 Å². The van der Waals surface area contributed by atoms with Gasteiger partial charge in [-0.3, -0.25) is 15.5 Å². The molecule has 0 aliphatic carbocycles. The first-order valence-electron chi connectivity index (χ1n) is 6.82. The van der Waals surface area contributed by atoms with E-state index in [1.807, 2.05) is 13.0 Å². The van der Waals surface area contributed by atoms with Crippen molar-refractivity contribution in [2.24, 2.45) is 5.10 Å². The number of hydrogen-bond acceptors (Lipinski definition) is 4. The predicted octanol–water partition coefficient (Wildman–Crippen LogP) is 4.69. The smallest absolute Gasteiger partial charge is 0.272 e. The number of nitrogens with zero attached hydrogens (tertiary/aromatic N) is 2. The Morgan fingerprint density at radius 2 is 2.05 bits per heavy atom. The fraction of sp³-hybridized carbons (Fsp3) is 0.312. The second kappa shape index (κ2) is 8.68. The van der Waals surface area contributed by atoms with E-state index in [1.165, 1.54) is 17.2 Å². The van der Waals surface area contributed by atoms with Crippen LogP contribution in [0.4, 0.5) is 11.4 Å². The van der Waals surface area contributed by atoms with Gasteiger partial charge in [-0.05, 0) is 45.8 Å². The maximum absolute atomic E-state index is 10.8. The van der Waals surface area contributed by atoms with E-state index in [4.69, 9.17) is 0 Å². The van der Waals surface area contributed by atoms with Gasteiger partial charge >= 0.3 is 0 Å². The maximum Gasteiger partial charge on any atom is 0.294 e. The molecule has 1 aromatic rings. The van der Waals surface area contributed by atoms with Gasteiger partial charge in [0.25, 0.3) is 5.69 Å². The van der Waals surface area contributed by atoms with Crippen LogP contribution in [0.15, 0.2) is 52.7 Å². The summed E-state index contributed by atoms with van der Waals surface area (Å²) in [5.41, 5.74) is 5.62. The van der Waals surface area contributed by atoms with E-state index in [0.29, 0.717) is 5.69 Å². The Bertz CT molecular complexity index is 571. The van der Waals surface area contributed by atoms with Gasteiger partial charge in [-0.15, -0.1) is 0 Å². The van der Waals surface area contributed by atoms with Crippen molar-refractivity contribution in [1.82, 2.24) is 0 Å². The number of allylic oxidation sites excluding steroid dienone is 4. The summed E-state index contributed by atoms with van der Waals surface area (Å²) in [4.78, 5) is 10.4. The summed E-state index contributed by atoms with van der Waals surface area (Å²) >= 11 is 0.